The van der Waals surface area contributed by atoms with Gasteiger partial charge in [-0.05, 0) is 17.0 Å². The molecule has 0 aliphatic rings. The van der Waals surface area contributed by atoms with Crippen molar-refractivity contribution in [3.05, 3.63) is 17.0 Å². The normalized spacial score (nSPS) is 12.3. The number of sulfonamides is 1. The van der Waals surface area contributed by atoms with Crippen molar-refractivity contribution in [2.45, 2.75) is 10.8 Å². The number of hydrogen-bond donors (Lipinski definition) is 2. The molecule has 0 aliphatic carbocycles. The van der Waals surface area contributed by atoms with Crippen LogP contribution in [0, 0.1) is 0 Å². The first-order chi connectivity index (χ1) is 6.45. The van der Waals surface area contributed by atoms with Crippen LogP contribution in [0.15, 0.2) is 15.7 Å². The standard InChI is InChI=1S/C7H12N2O3S2/c1-9(2)8-14(11,12)7-3-6(4-10)5-13-7/h3,5,8,10H,4H2,1-2H3. The summed E-state index contributed by atoms with van der Waals surface area (Å²) in [6, 6.07) is 1.45. The summed E-state index contributed by atoms with van der Waals surface area (Å²) in [7, 11) is -0.275. The number of hydrogen-bond acceptors (Lipinski definition) is 5. The van der Waals surface area contributed by atoms with Gasteiger partial charge in [0, 0.05) is 14.1 Å². The van der Waals surface area contributed by atoms with Crippen molar-refractivity contribution >= 4 is 21.4 Å². The average Bonchev–Trinajstić information content (AvgIpc) is 2.49. The van der Waals surface area contributed by atoms with E-state index >= 15 is 0 Å². The van der Waals surface area contributed by atoms with Crippen LogP contribution in [0.3, 0.4) is 0 Å². The monoisotopic (exact) mass is 236 g/mol. The molecule has 5 nitrogen and oxygen atoms in total. The molecular formula is C7H12N2O3S2. The van der Waals surface area contributed by atoms with Crippen molar-refractivity contribution in [1.29, 1.82) is 0 Å². The van der Waals surface area contributed by atoms with Gasteiger partial charge in [0.15, 0.2) is 0 Å². The van der Waals surface area contributed by atoms with E-state index in [0.717, 1.165) is 11.3 Å². The Balaban J connectivity index is 2.93. The third-order valence-electron chi connectivity index (χ3n) is 1.38. The second-order valence-electron chi connectivity index (χ2n) is 2.92. The Morgan fingerprint density at radius 1 is 1.57 bits per heavy atom. The van der Waals surface area contributed by atoms with Gasteiger partial charge in [0.25, 0.3) is 10.0 Å². The Kier molecular flexibility index (Phi) is 3.62. The molecule has 0 radical (unpaired) electrons. The van der Waals surface area contributed by atoms with Crippen LogP contribution in [-0.4, -0.2) is 32.6 Å². The SMILES string of the molecule is CN(C)NS(=O)(=O)c1cc(CO)cs1. The van der Waals surface area contributed by atoms with Gasteiger partial charge in [0.05, 0.1) is 6.61 Å². The zero-order chi connectivity index (χ0) is 10.8. The number of hydrazine groups is 1. The fraction of sp³-hybridized carbons (Fsp3) is 0.429. The van der Waals surface area contributed by atoms with Crippen LogP contribution in [0.2, 0.25) is 0 Å². The molecule has 1 rings (SSSR count). The van der Waals surface area contributed by atoms with Crippen molar-refractivity contribution in [3.63, 3.8) is 0 Å². The van der Waals surface area contributed by atoms with E-state index in [0.29, 0.717) is 5.56 Å². The minimum atomic E-state index is -3.47. The summed E-state index contributed by atoms with van der Waals surface area (Å²) in [5.74, 6) is 0. The van der Waals surface area contributed by atoms with Crippen molar-refractivity contribution in [1.82, 2.24) is 9.84 Å². The molecule has 0 bridgehead atoms. The van der Waals surface area contributed by atoms with E-state index in [1.807, 2.05) is 0 Å². The van der Waals surface area contributed by atoms with Crippen molar-refractivity contribution < 1.29 is 13.5 Å². The van der Waals surface area contributed by atoms with Gasteiger partial charge in [0.1, 0.15) is 4.21 Å². The topological polar surface area (TPSA) is 69.6 Å². The van der Waals surface area contributed by atoms with E-state index in [-0.39, 0.29) is 10.8 Å². The predicted octanol–water partition coefficient (Wildman–Crippen LogP) is -0.00470. The molecule has 0 fully saturated rings. The maximum absolute atomic E-state index is 11.5. The molecule has 0 unspecified atom stereocenters. The Bertz CT molecular complexity index is 397. The summed E-state index contributed by atoms with van der Waals surface area (Å²) in [5, 5.41) is 11.7. The fourth-order valence-corrected chi connectivity index (χ4v) is 3.13. The van der Waals surface area contributed by atoms with Gasteiger partial charge in [-0.15, -0.1) is 16.2 Å². The first-order valence-electron chi connectivity index (χ1n) is 3.84. The van der Waals surface area contributed by atoms with Gasteiger partial charge in [-0.1, -0.05) is 0 Å². The highest BCUT2D eigenvalue weighted by Crippen LogP contribution is 2.19. The molecule has 1 aromatic rings. The first-order valence-corrected chi connectivity index (χ1v) is 6.20. The molecule has 0 spiro atoms. The molecular weight excluding hydrogens is 224 g/mol. The number of aliphatic hydroxyl groups is 1. The van der Waals surface area contributed by atoms with Gasteiger partial charge >= 0.3 is 0 Å². The van der Waals surface area contributed by atoms with Crippen LogP contribution in [0.4, 0.5) is 0 Å². The van der Waals surface area contributed by atoms with Crippen LogP contribution < -0.4 is 4.83 Å². The summed E-state index contributed by atoms with van der Waals surface area (Å²) in [4.78, 5) is 2.31. The maximum atomic E-state index is 11.5. The van der Waals surface area contributed by atoms with Crippen molar-refractivity contribution in [2.24, 2.45) is 0 Å². The molecule has 14 heavy (non-hydrogen) atoms. The van der Waals surface area contributed by atoms with Crippen LogP contribution in [0.1, 0.15) is 5.56 Å². The minimum Gasteiger partial charge on any atom is -0.392 e. The van der Waals surface area contributed by atoms with E-state index in [4.69, 9.17) is 5.11 Å². The lowest BCUT2D eigenvalue weighted by Gasteiger charge is -2.10. The molecule has 0 saturated carbocycles. The molecule has 0 amide bonds. The summed E-state index contributed by atoms with van der Waals surface area (Å²) < 4.78 is 23.3. The molecule has 2 N–H and O–H groups in total. The lowest BCUT2D eigenvalue weighted by Crippen LogP contribution is -2.35. The van der Waals surface area contributed by atoms with E-state index in [1.54, 1.807) is 19.5 Å². The van der Waals surface area contributed by atoms with Crippen LogP contribution in [0.25, 0.3) is 0 Å². The predicted molar refractivity (Wildman–Crippen MR) is 54.3 cm³/mol. The van der Waals surface area contributed by atoms with Crippen molar-refractivity contribution in [2.75, 3.05) is 14.1 Å². The zero-order valence-corrected chi connectivity index (χ0v) is 9.52. The molecule has 0 saturated heterocycles. The summed E-state index contributed by atoms with van der Waals surface area (Å²) in [6.45, 7) is -0.145. The van der Waals surface area contributed by atoms with Gasteiger partial charge in [0.2, 0.25) is 0 Å². The molecule has 0 aromatic carbocycles. The maximum Gasteiger partial charge on any atom is 0.262 e. The van der Waals surface area contributed by atoms with Gasteiger partial charge < -0.3 is 5.11 Å². The molecule has 7 heteroatoms. The fourth-order valence-electron chi connectivity index (χ4n) is 0.862. The van der Waals surface area contributed by atoms with Gasteiger partial charge in [-0.3, -0.25) is 0 Å². The van der Waals surface area contributed by atoms with E-state index in [9.17, 15) is 8.42 Å². The Morgan fingerprint density at radius 3 is 2.64 bits per heavy atom. The number of rotatable bonds is 4. The molecule has 0 atom stereocenters. The third kappa shape index (κ3) is 2.76. The quantitative estimate of drug-likeness (QED) is 0.722. The number of aliphatic hydroxyl groups excluding tert-OH is 1. The van der Waals surface area contributed by atoms with Gasteiger partial charge in [-0.25, -0.2) is 13.4 Å². The number of thiophene rings is 1. The molecule has 1 aromatic heterocycles. The van der Waals surface area contributed by atoms with Crippen molar-refractivity contribution in [3.8, 4) is 0 Å². The summed E-state index contributed by atoms with van der Waals surface area (Å²) >= 11 is 1.09. The highest BCUT2D eigenvalue weighted by atomic mass is 32.2. The highest BCUT2D eigenvalue weighted by Gasteiger charge is 2.16. The summed E-state index contributed by atoms with van der Waals surface area (Å²) in [6.07, 6.45) is 0. The van der Waals surface area contributed by atoms with Crippen LogP contribution in [0.5, 0.6) is 0 Å². The molecule has 0 aliphatic heterocycles. The Hall–Kier alpha value is -0.470. The molecule has 1 heterocycles. The molecule has 80 valence electrons. The first kappa shape index (κ1) is 11.6. The minimum absolute atomic E-state index is 0.145. The van der Waals surface area contributed by atoms with E-state index in [1.165, 1.54) is 11.1 Å². The highest BCUT2D eigenvalue weighted by molar-refractivity contribution is 7.91. The Labute approximate surface area is 87.0 Å². The van der Waals surface area contributed by atoms with E-state index < -0.39 is 10.0 Å². The second-order valence-corrected chi connectivity index (χ2v) is 5.72. The summed E-state index contributed by atoms with van der Waals surface area (Å²) in [5.41, 5.74) is 0.606. The third-order valence-corrected chi connectivity index (χ3v) is 4.35. The van der Waals surface area contributed by atoms with Crippen LogP contribution >= 0.6 is 11.3 Å². The largest absolute Gasteiger partial charge is 0.392 e. The second kappa shape index (κ2) is 4.37. The van der Waals surface area contributed by atoms with E-state index in [2.05, 4.69) is 4.83 Å². The smallest absolute Gasteiger partial charge is 0.262 e. The van der Waals surface area contributed by atoms with Gasteiger partial charge in [-0.2, -0.15) is 0 Å². The lowest BCUT2D eigenvalue weighted by molar-refractivity contribution is 0.282. The van der Waals surface area contributed by atoms with Crippen LogP contribution in [-0.2, 0) is 16.6 Å². The lowest BCUT2D eigenvalue weighted by atomic mass is 10.4. The number of nitrogens with zero attached hydrogens (tertiary/aromatic N) is 1. The number of nitrogens with one attached hydrogen (secondary N) is 1. The zero-order valence-electron chi connectivity index (χ0n) is 7.89. The average molecular weight is 236 g/mol. The Morgan fingerprint density at radius 2 is 2.21 bits per heavy atom.